The van der Waals surface area contributed by atoms with Crippen molar-refractivity contribution in [1.29, 1.82) is 0 Å². The highest BCUT2D eigenvalue weighted by Gasteiger charge is 2.47. The smallest absolute Gasteiger partial charge is 0.342 e. The molecule has 1 aromatic heterocycles. The molecule has 2 aromatic rings. The number of nitrogens with one attached hydrogen (secondary N) is 1. The number of rotatable bonds is 5. The number of aromatic nitrogens is 2. The van der Waals surface area contributed by atoms with Gasteiger partial charge in [-0.05, 0) is 24.1 Å². The standard InChI is InChI=1S/C21H22F7N3.C2H6/c1-12(11-19(2,3)21(26,27)28)29-18-17(13-4-6-15(22)7-5-13)16-10-14(20(23,24)25)8-9-31(16)30-18;1-2/h4-7,14H,1,8-11H2,2-3H3,(H,29,30);1-2H3. The summed E-state index contributed by atoms with van der Waals surface area (Å²) in [5.74, 6) is -1.98. The van der Waals surface area contributed by atoms with Crippen molar-refractivity contribution in [1.82, 2.24) is 9.78 Å². The molecule has 0 saturated heterocycles. The van der Waals surface area contributed by atoms with Gasteiger partial charge in [0, 0.05) is 36.3 Å². The lowest BCUT2D eigenvalue weighted by atomic mass is 9.87. The van der Waals surface area contributed by atoms with Crippen molar-refractivity contribution in [3.8, 4) is 11.1 Å². The maximum Gasteiger partial charge on any atom is 0.394 e. The summed E-state index contributed by atoms with van der Waals surface area (Å²) in [5, 5.41) is 7.06. The number of allylic oxidation sites excluding steroid dienone is 1. The topological polar surface area (TPSA) is 29.9 Å². The number of halogens is 7. The van der Waals surface area contributed by atoms with Crippen molar-refractivity contribution in [3.05, 3.63) is 48.1 Å². The first-order chi connectivity index (χ1) is 15.2. The van der Waals surface area contributed by atoms with Gasteiger partial charge in [0.25, 0.3) is 0 Å². The predicted octanol–water partition coefficient (Wildman–Crippen LogP) is 7.74. The van der Waals surface area contributed by atoms with Gasteiger partial charge in [-0.25, -0.2) is 4.39 Å². The molecule has 2 heterocycles. The van der Waals surface area contributed by atoms with Gasteiger partial charge in [0.1, 0.15) is 5.82 Å². The number of alkyl halides is 6. The molecule has 1 aromatic carbocycles. The van der Waals surface area contributed by atoms with E-state index in [0.717, 1.165) is 26.0 Å². The third-order valence-electron chi connectivity index (χ3n) is 5.50. The normalized spacial score (nSPS) is 16.5. The van der Waals surface area contributed by atoms with E-state index in [9.17, 15) is 30.7 Å². The van der Waals surface area contributed by atoms with Crippen molar-refractivity contribution in [2.24, 2.45) is 11.3 Å². The van der Waals surface area contributed by atoms with E-state index in [0.29, 0.717) is 16.8 Å². The Hall–Kier alpha value is -2.52. The summed E-state index contributed by atoms with van der Waals surface area (Å²) in [7, 11) is 0. The minimum atomic E-state index is -4.47. The molecular formula is C23H28F7N3. The van der Waals surface area contributed by atoms with Crippen LogP contribution < -0.4 is 5.32 Å². The fourth-order valence-electron chi connectivity index (χ4n) is 3.63. The minimum absolute atomic E-state index is 0.00983. The zero-order valence-corrected chi connectivity index (χ0v) is 19.0. The molecule has 0 amide bonds. The second-order valence-electron chi connectivity index (χ2n) is 8.42. The van der Waals surface area contributed by atoms with E-state index in [1.807, 2.05) is 13.8 Å². The van der Waals surface area contributed by atoms with Gasteiger partial charge >= 0.3 is 12.4 Å². The number of benzene rings is 1. The number of fused-ring (bicyclic) bond motifs is 1. The molecular weight excluding hydrogens is 451 g/mol. The molecule has 0 bridgehead atoms. The van der Waals surface area contributed by atoms with Crippen LogP contribution in [0.5, 0.6) is 0 Å². The Morgan fingerprint density at radius 3 is 2.18 bits per heavy atom. The van der Waals surface area contributed by atoms with Crippen LogP contribution in [0, 0.1) is 17.2 Å². The molecule has 3 rings (SSSR count). The third-order valence-corrected chi connectivity index (χ3v) is 5.50. The highest BCUT2D eigenvalue weighted by molar-refractivity contribution is 5.79. The van der Waals surface area contributed by atoms with Crippen molar-refractivity contribution in [2.45, 2.75) is 65.9 Å². The predicted molar refractivity (Wildman–Crippen MR) is 114 cm³/mol. The summed E-state index contributed by atoms with van der Waals surface area (Å²) in [4.78, 5) is 0. The minimum Gasteiger partial charge on any atom is -0.342 e. The number of hydrogen-bond donors (Lipinski definition) is 1. The van der Waals surface area contributed by atoms with Gasteiger partial charge in [0.2, 0.25) is 0 Å². The van der Waals surface area contributed by atoms with E-state index in [-0.39, 0.29) is 30.9 Å². The monoisotopic (exact) mass is 479 g/mol. The van der Waals surface area contributed by atoms with E-state index in [4.69, 9.17) is 0 Å². The van der Waals surface area contributed by atoms with Crippen molar-refractivity contribution >= 4 is 5.82 Å². The van der Waals surface area contributed by atoms with Crippen molar-refractivity contribution < 1.29 is 30.7 Å². The maximum absolute atomic E-state index is 13.4. The van der Waals surface area contributed by atoms with Crippen molar-refractivity contribution in [3.63, 3.8) is 0 Å². The van der Waals surface area contributed by atoms with Gasteiger partial charge in [-0.15, -0.1) is 0 Å². The molecule has 0 fully saturated rings. The summed E-state index contributed by atoms with van der Waals surface area (Å²) < 4.78 is 94.4. The second-order valence-corrected chi connectivity index (χ2v) is 8.42. The molecule has 184 valence electrons. The number of nitrogens with zero attached hydrogens (tertiary/aromatic N) is 2. The third kappa shape index (κ3) is 6.09. The highest BCUT2D eigenvalue weighted by atomic mass is 19.4. The molecule has 3 nitrogen and oxygen atoms in total. The van der Waals surface area contributed by atoms with Crippen LogP contribution in [0.1, 0.15) is 46.2 Å². The van der Waals surface area contributed by atoms with Crippen LogP contribution >= 0.6 is 0 Å². The molecule has 0 aliphatic carbocycles. The Labute approximate surface area is 188 Å². The molecule has 0 radical (unpaired) electrons. The Morgan fingerprint density at radius 1 is 1.09 bits per heavy atom. The van der Waals surface area contributed by atoms with Gasteiger partial charge < -0.3 is 5.32 Å². The first-order valence-corrected chi connectivity index (χ1v) is 10.6. The van der Waals surface area contributed by atoms with E-state index in [2.05, 4.69) is 17.0 Å². The van der Waals surface area contributed by atoms with E-state index in [1.54, 1.807) is 0 Å². The van der Waals surface area contributed by atoms with Crippen molar-refractivity contribution in [2.75, 3.05) is 5.32 Å². The van der Waals surface area contributed by atoms with E-state index in [1.165, 1.54) is 16.8 Å². The lowest BCUT2D eigenvalue weighted by Gasteiger charge is -2.28. The molecule has 1 atom stereocenters. The summed E-state index contributed by atoms with van der Waals surface area (Å²) >= 11 is 0. The second kappa shape index (κ2) is 9.77. The Bertz CT molecular complexity index is 954. The molecule has 1 N–H and O–H groups in total. The number of aryl methyl sites for hydroxylation is 1. The molecule has 1 aliphatic heterocycles. The lowest BCUT2D eigenvalue weighted by molar-refractivity contribution is -0.210. The SMILES string of the molecule is C=C(CC(C)(C)C(F)(F)F)Nc1nn2c(c1-c1ccc(F)cc1)CC(C(F)(F)F)CC2.CC. The number of anilines is 1. The molecule has 0 spiro atoms. The van der Waals surface area contributed by atoms with Crippen LogP contribution in [-0.2, 0) is 13.0 Å². The first-order valence-electron chi connectivity index (χ1n) is 10.6. The molecule has 10 heteroatoms. The Kier molecular flexibility index (Phi) is 7.91. The van der Waals surface area contributed by atoms with Crippen LogP contribution in [0.3, 0.4) is 0 Å². The Morgan fingerprint density at radius 2 is 1.67 bits per heavy atom. The zero-order chi connectivity index (χ0) is 25.2. The quantitative estimate of drug-likeness (QED) is 0.445. The van der Waals surface area contributed by atoms with Crippen LogP contribution in [0.25, 0.3) is 11.1 Å². The zero-order valence-electron chi connectivity index (χ0n) is 19.0. The van der Waals surface area contributed by atoms with Gasteiger partial charge in [0.15, 0.2) is 5.82 Å². The summed E-state index contributed by atoms with van der Waals surface area (Å²) in [6.07, 6.45) is -9.78. The van der Waals surface area contributed by atoms with Crippen LogP contribution in [0.2, 0.25) is 0 Å². The summed E-state index contributed by atoms with van der Waals surface area (Å²) in [5.41, 5.74) is -1.02. The maximum atomic E-state index is 13.4. The van der Waals surface area contributed by atoms with Gasteiger partial charge in [-0.1, -0.05) is 46.4 Å². The van der Waals surface area contributed by atoms with Crippen LogP contribution in [0.15, 0.2) is 36.5 Å². The first kappa shape index (κ1) is 26.7. The lowest BCUT2D eigenvalue weighted by Crippen LogP contribution is -2.33. The van der Waals surface area contributed by atoms with Gasteiger partial charge in [-0.2, -0.15) is 31.4 Å². The fraction of sp³-hybridized carbons (Fsp3) is 0.522. The summed E-state index contributed by atoms with van der Waals surface area (Å²) in [6.45, 7) is 9.74. The molecule has 33 heavy (non-hydrogen) atoms. The van der Waals surface area contributed by atoms with Gasteiger partial charge in [-0.3, -0.25) is 4.68 Å². The van der Waals surface area contributed by atoms with E-state index >= 15 is 0 Å². The molecule has 0 saturated carbocycles. The Balaban J connectivity index is 0.00000187. The average molecular weight is 479 g/mol. The molecule has 1 unspecified atom stereocenters. The largest absolute Gasteiger partial charge is 0.394 e. The van der Waals surface area contributed by atoms with Crippen LogP contribution in [0.4, 0.5) is 36.6 Å². The fourth-order valence-corrected chi connectivity index (χ4v) is 3.63. The average Bonchev–Trinajstić information content (AvgIpc) is 3.05. The van der Waals surface area contributed by atoms with Gasteiger partial charge in [0.05, 0.1) is 11.3 Å². The summed E-state index contributed by atoms with van der Waals surface area (Å²) in [6, 6.07) is 5.12. The highest BCUT2D eigenvalue weighted by Crippen LogP contribution is 2.44. The van der Waals surface area contributed by atoms with E-state index < -0.39 is 35.9 Å². The molecule has 1 aliphatic rings. The number of hydrogen-bond acceptors (Lipinski definition) is 2. The van der Waals surface area contributed by atoms with Crippen LogP contribution in [-0.4, -0.2) is 22.1 Å².